The van der Waals surface area contributed by atoms with Crippen LogP contribution in [0.5, 0.6) is 5.75 Å². The van der Waals surface area contributed by atoms with Gasteiger partial charge >= 0.3 is 0 Å². The molecule has 4 nitrogen and oxygen atoms in total. The Labute approximate surface area is 160 Å². The topological polar surface area (TPSA) is 41.6 Å². The first-order chi connectivity index (χ1) is 13.1. The summed E-state index contributed by atoms with van der Waals surface area (Å²) >= 11 is 0. The normalized spacial score (nSPS) is 21.6. The van der Waals surface area contributed by atoms with Crippen molar-refractivity contribution in [2.75, 3.05) is 27.2 Å². The average Bonchev–Trinajstić information content (AvgIpc) is 2.92. The first-order valence-corrected chi connectivity index (χ1v) is 9.62. The summed E-state index contributed by atoms with van der Waals surface area (Å²) in [5, 5.41) is 3.48. The third kappa shape index (κ3) is 3.50. The molecule has 0 radical (unpaired) electrons. The van der Waals surface area contributed by atoms with E-state index >= 15 is 0 Å². The summed E-state index contributed by atoms with van der Waals surface area (Å²) in [6.07, 6.45) is 5.38. The average molecular weight is 362 g/mol. The summed E-state index contributed by atoms with van der Waals surface area (Å²) in [4.78, 5) is 13.8. The summed E-state index contributed by atoms with van der Waals surface area (Å²) < 4.78 is 6.51. The highest BCUT2D eigenvalue weighted by atomic mass is 16.5. The predicted molar refractivity (Wildman–Crippen MR) is 108 cm³/mol. The fourth-order valence-electron chi connectivity index (χ4n) is 3.97. The van der Waals surface area contributed by atoms with Crippen LogP contribution in [0.2, 0.25) is 0 Å². The van der Waals surface area contributed by atoms with Crippen LogP contribution in [0.15, 0.2) is 54.6 Å². The Morgan fingerprint density at radius 2 is 1.81 bits per heavy atom. The van der Waals surface area contributed by atoms with E-state index in [0.717, 1.165) is 49.2 Å². The molecule has 2 aromatic rings. The molecule has 2 heterocycles. The van der Waals surface area contributed by atoms with Gasteiger partial charge in [0.1, 0.15) is 11.4 Å². The maximum Gasteiger partial charge on any atom is 0.253 e. The van der Waals surface area contributed by atoms with Gasteiger partial charge in [0.2, 0.25) is 0 Å². The number of nitrogens with zero attached hydrogens (tertiary/aromatic N) is 1. The molecule has 140 valence electrons. The maximum absolute atomic E-state index is 12.2. The van der Waals surface area contributed by atoms with Gasteiger partial charge in [0, 0.05) is 31.6 Å². The summed E-state index contributed by atoms with van der Waals surface area (Å²) in [6.45, 7) is 2.00. The van der Waals surface area contributed by atoms with Gasteiger partial charge in [0.25, 0.3) is 5.91 Å². The second kappa shape index (κ2) is 7.20. The number of fused-ring (bicyclic) bond motifs is 1. The van der Waals surface area contributed by atoms with Crippen LogP contribution in [0, 0.1) is 0 Å². The Bertz CT molecular complexity index is 860. The molecule has 27 heavy (non-hydrogen) atoms. The Hall–Kier alpha value is -2.59. The molecule has 1 atom stereocenters. The van der Waals surface area contributed by atoms with E-state index < -0.39 is 0 Å². The number of nitrogens with one attached hydrogen (secondary N) is 1. The molecule has 1 fully saturated rings. The SMILES string of the molecule is CN(C)C(=O)c1ccc(C2=CC3(CCCNCC3)Oc3ccccc32)cc1. The molecule has 0 aromatic heterocycles. The van der Waals surface area contributed by atoms with Crippen LogP contribution in [-0.2, 0) is 0 Å². The molecule has 1 spiro atoms. The lowest BCUT2D eigenvalue weighted by Crippen LogP contribution is -2.37. The number of hydrogen-bond donors (Lipinski definition) is 1. The summed E-state index contributed by atoms with van der Waals surface area (Å²) in [7, 11) is 3.55. The second-order valence-electron chi connectivity index (χ2n) is 7.60. The Kier molecular flexibility index (Phi) is 4.75. The Morgan fingerprint density at radius 1 is 1.04 bits per heavy atom. The highest BCUT2D eigenvalue weighted by Crippen LogP contribution is 2.42. The maximum atomic E-state index is 12.2. The van der Waals surface area contributed by atoms with E-state index in [2.05, 4.69) is 23.5 Å². The molecule has 2 aliphatic rings. The molecule has 1 saturated heterocycles. The number of ether oxygens (including phenoxy) is 1. The summed E-state index contributed by atoms with van der Waals surface area (Å²) in [6, 6.07) is 16.2. The van der Waals surface area contributed by atoms with Crippen molar-refractivity contribution in [2.45, 2.75) is 24.9 Å². The molecule has 0 saturated carbocycles. The quantitative estimate of drug-likeness (QED) is 0.885. The number of rotatable bonds is 2. The van der Waals surface area contributed by atoms with Crippen LogP contribution < -0.4 is 10.1 Å². The highest BCUT2D eigenvalue weighted by Gasteiger charge is 2.36. The highest BCUT2D eigenvalue weighted by molar-refractivity contribution is 5.94. The number of hydrogen-bond acceptors (Lipinski definition) is 3. The van der Waals surface area contributed by atoms with Gasteiger partial charge in [-0.05, 0) is 61.3 Å². The van der Waals surface area contributed by atoms with Crippen molar-refractivity contribution in [1.82, 2.24) is 10.2 Å². The van der Waals surface area contributed by atoms with Gasteiger partial charge in [-0.25, -0.2) is 0 Å². The minimum absolute atomic E-state index is 0.0224. The largest absolute Gasteiger partial charge is 0.482 e. The van der Waals surface area contributed by atoms with Gasteiger partial charge in [0.15, 0.2) is 0 Å². The van der Waals surface area contributed by atoms with Gasteiger partial charge in [-0.2, -0.15) is 0 Å². The van der Waals surface area contributed by atoms with E-state index in [1.807, 2.05) is 36.4 Å². The van der Waals surface area contributed by atoms with Gasteiger partial charge in [-0.15, -0.1) is 0 Å². The van der Waals surface area contributed by atoms with Gasteiger partial charge in [-0.1, -0.05) is 30.3 Å². The van der Waals surface area contributed by atoms with Crippen LogP contribution in [0.3, 0.4) is 0 Å². The smallest absolute Gasteiger partial charge is 0.253 e. The van der Waals surface area contributed by atoms with Gasteiger partial charge in [0.05, 0.1) is 0 Å². The van der Waals surface area contributed by atoms with Crippen molar-refractivity contribution >= 4 is 11.5 Å². The van der Waals surface area contributed by atoms with Crippen LogP contribution in [0.4, 0.5) is 0 Å². The first-order valence-electron chi connectivity index (χ1n) is 9.62. The van der Waals surface area contributed by atoms with E-state index in [1.54, 1.807) is 19.0 Å². The van der Waals surface area contributed by atoms with Crippen LogP contribution in [0.25, 0.3) is 5.57 Å². The zero-order valence-corrected chi connectivity index (χ0v) is 16.0. The number of amides is 1. The number of benzene rings is 2. The molecule has 4 heteroatoms. The second-order valence-corrected chi connectivity index (χ2v) is 7.60. The molecule has 2 aliphatic heterocycles. The first kappa shape index (κ1) is 17.8. The van der Waals surface area contributed by atoms with Crippen molar-refractivity contribution in [1.29, 1.82) is 0 Å². The van der Waals surface area contributed by atoms with Crippen molar-refractivity contribution in [3.63, 3.8) is 0 Å². The van der Waals surface area contributed by atoms with Crippen molar-refractivity contribution in [3.05, 3.63) is 71.3 Å². The van der Waals surface area contributed by atoms with Crippen molar-refractivity contribution in [2.24, 2.45) is 0 Å². The standard InChI is InChI=1S/C23H26N2O2/c1-25(2)22(26)18-10-8-17(9-11-18)20-16-23(12-5-14-24-15-13-23)27-21-7-4-3-6-19(20)21/h3-4,6-11,16,24H,5,12-15H2,1-2H3. The molecule has 0 bridgehead atoms. The van der Waals surface area contributed by atoms with Crippen LogP contribution >= 0.6 is 0 Å². The molecule has 4 rings (SSSR count). The van der Waals surface area contributed by atoms with Gasteiger partial charge in [-0.3, -0.25) is 4.79 Å². The third-order valence-corrected chi connectivity index (χ3v) is 5.43. The predicted octanol–water partition coefficient (Wildman–Crippen LogP) is 3.72. The fraction of sp³-hybridized carbons (Fsp3) is 0.348. The van der Waals surface area contributed by atoms with Gasteiger partial charge < -0.3 is 15.0 Å². The van der Waals surface area contributed by atoms with E-state index in [1.165, 1.54) is 5.57 Å². The Morgan fingerprint density at radius 3 is 2.59 bits per heavy atom. The molecule has 1 unspecified atom stereocenters. The number of carbonyl (C=O) groups excluding carboxylic acids is 1. The van der Waals surface area contributed by atoms with Crippen molar-refractivity contribution < 1.29 is 9.53 Å². The minimum atomic E-state index is -0.259. The van der Waals surface area contributed by atoms with Crippen LogP contribution in [-0.4, -0.2) is 43.6 Å². The molecular formula is C23H26N2O2. The van der Waals surface area contributed by atoms with E-state index in [-0.39, 0.29) is 11.5 Å². The van der Waals surface area contributed by atoms with E-state index in [4.69, 9.17) is 4.74 Å². The monoisotopic (exact) mass is 362 g/mol. The lowest BCUT2D eigenvalue weighted by molar-refractivity contribution is 0.0827. The zero-order valence-electron chi connectivity index (χ0n) is 16.0. The Balaban J connectivity index is 1.76. The molecule has 1 amide bonds. The lowest BCUT2D eigenvalue weighted by atomic mass is 9.84. The molecule has 1 N–H and O–H groups in total. The van der Waals surface area contributed by atoms with E-state index in [0.29, 0.717) is 5.56 Å². The van der Waals surface area contributed by atoms with Crippen LogP contribution in [0.1, 0.15) is 40.7 Å². The zero-order chi connectivity index (χ0) is 18.9. The number of carbonyl (C=O) groups is 1. The molecule has 0 aliphatic carbocycles. The lowest BCUT2D eigenvalue weighted by Gasteiger charge is -2.36. The molecule has 2 aromatic carbocycles. The summed E-state index contributed by atoms with van der Waals surface area (Å²) in [5.74, 6) is 0.972. The van der Waals surface area contributed by atoms with Crippen molar-refractivity contribution in [3.8, 4) is 5.75 Å². The third-order valence-electron chi connectivity index (χ3n) is 5.43. The minimum Gasteiger partial charge on any atom is -0.482 e. The fourth-order valence-corrected chi connectivity index (χ4v) is 3.97. The van der Waals surface area contributed by atoms with E-state index in [9.17, 15) is 4.79 Å². The summed E-state index contributed by atoms with van der Waals surface area (Å²) in [5.41, 5.74) is 3.89. The number of para-hydroxylation sites is 1. The molecular weight excluding hydrogens is 336 g/mol.